The van der Waals surface area contributed by atoms with Gasteiger partial charge >= 0.3 is 0 Å². The lowest BCUT2D eigenvalue weighted by molar-refractivity contribution is 0.420. The van der Waals surface area contributed by atoms with Crippen LogP contribution >= 0.6 is 11.6 Å². The van der Waals surface area contributed by atoms with Crippen LogP contribution < -0.4 is 10.5 Å². The molecule has 0 saturated heterocycles. The zero-order valence-electron chi connectivity index (χ0n) is 11.1. The van der Waals surface area contributed by atoms with Gasteiger partial charge in [-0.15, -0.1) is 0 Å². The summed E-state index contributed by atoms with van der Waals surface area (Å²) < 4.78 is 5.49. The Morgan fingerprint density at radius 2 is 1.80 bits per heavy atom. The molecule has 0 heterocycles. The number of anilines is 1. The molecule has 0 amide bonds. The van der Waals surface area contributed by atoms with Crippen molar-refractivity contribution in [3.63, 3.8) is 0 Å². The molecule has 0 aliphatic heterocycles. The topological polar surface area (TPSA) is 35.2 Å². The molecule has 3 rings (SSSR count). The second kappa shape index (κ2) is 5.06. The molecule has 0 spiro atoms. The maximum Gasteiger partial charge on any atom is 0.127 e. The Morgan fingerprint density at radius 3 is 2.60 bits per heavy atom. The molecule has 0 saturated carbocycles. The van der Waals surface area contributed by atoms with Crippen molar-refractivity contribution in [2.45, 2.75) is 0 Å². The van der Waals surface area contributed by atoms with Gasteiger partial charge in [0.2, 0.25) is 0 Å². The second-order valence-corrected chi connectivity index (χ2v) is 5.07. The van der Waals surface area contributed by atoms with Gasteiger partial charge < -0.3 is 10.5 Å². The summed E-state index contributed by atoms with van der Waals surface area (Å²) in [5, 5.41) is 2.86. The minimum Gasteiger partial charge on any atom is -0.496 e. The summed E-state index contributed by atoms with van der Waals surface area (Å²) in [5.41, 5.74) is 8.68. The maximum atomic E-state index is 6.07. The molecule has 3 aromatic carbocycles. The van der Waals surface area contributed by atoms with E-state index in [1.165, 1.54) is 0 Å². The molecule has 0 aromatic heterocycles. The van der Waals surface area contributed by atoms with Crippen LogP contribution in [0.15, 0.2) is 54.6 Å². The van der Waals surface area contributed by atoms with Crippen molar-refractivity contribution in [2.24, 2.45) is 0 Å². The van der Waals surface area contributed by atoms with Crippen molar-refractivity contribution < 1.29 is 4.74 Å². The number of benzene rings is 3. The van der Waals surface area contributed by atoms with Gasteiger partial charge in [-0.2, -0.15) is 0 Å². The Labute approximate surface area is 122 Å². The maximum absolute atomic E-state index is 6.07. The third kappa shape index (κ3) is 2.19. The number of rotatable bonds is 2. The summed E-state index contributed by atoms with van der Waals surface area (Å²) in [5.74, 6) is 0.831. The van der Waals surface area contributed by atoms with Crippen molar-refractivity contribution in [3.05, 3.63) is 59.6 Å². The third-order valence-electron chi connectivity index (χ3n) is 3.37. The summed E-state index contributed by atoms with van der Waals surface area (Å²) >= 11 is 6.07. The van der Waals surface area contributed by atoms with Gasteiger partial charge in [0.1, 0.15) is 5.75 Å². The van der Waals surface area contributed by atoms with Crippen LogP contribution in [0.4, 0.5) is 5.69 Å². The molecule has 0 aliphatic carbocycles. The molecule has 0 radical (unpaired) electrons. The fourth-order valence-corrected chi connectivity index (χ4v) is 2.55. The fraction of sp³-hybridized carbons (Fsp3) is 0.0588. The van der Waals surface area contributed by atoms with Crippen LogP contribution in [0.3, 0.4) is 0 Å². The summed E-state index contributed by atoms with van der Waals surface area (Å²) in [6.07, 6.45) is 0. The Kier molecular flexibility index (Phi) is 3.25. The quantitative estimate of drug-likeness (QED) is 0.689. The zero-order chi connectivity index (χ0) is 14.1. The first-order valence-corrected chi connectivity index (χ1v) is 6.69. The lowest BCUT2D eigenvalue weighted by atomic mass is 9.99. The average Bonchev–Trinajstić information content (AvgIpc) is 2.48. The van der Waals surface area contributed by atoms with Crippen LogP contribution in [0.5, 0.6) is 5.75 Å². The largest absolute Gasteiger partial charge is 0.496 e. The van der Waals surface area contributed by atoms with E-state index in [4.69, 9.17) is 22.1 Å². The zero-order valence-corrected chi connectivity index (χ0v) is 11.8. The van der Waals surface area contributed by atoms with Gasteiger partial charge in [-0.3, -0.25) is 0 Å². The van der Waals surface area contributed by atoms with Crippen LogP contribution in [-0.2, 0) is 0 Å². The number of fused-ring (bicyclic) bond motifs is 1. The van der Waals surface area contributed by atoms with Crippen LogP contribution in [-0.4, -0.2) is 7.11 Å². The molecule has 2 nitrogen and oxygen atoms in total. The monoisotopic (exact) mass is 283 g/mol. The highest BCUT2D eigenvalue weighted by Gasteiger charge is 2.09. The minimum atomic E-state index is 0.668. The number of nitrogen functional groups attached to an aromatic ring is 1. The Morgan fingerprint density at radius 1 is 1.00 bits per heavy atom. The molecule has 0 atom stereocenters. The molecule has 2 N–H and O–H groups in total. The van der Waals surface area contributed by atoms with E-state index in [1.54, 1.807) is 13.2 Å². The molecule has 20 heavy (non-hydrogen) atoms. The fourth-order valence-electron chi connectivity index (χ4n) is 2.38. The third-order valence-corrected chi connectivity index (χ3v) is 3.61. The van der Waals surface area contributed by atoms with Crippen molar-refractivity contribution >= 4 is 28.1 Å². The van der Waals surface area contributed by atoms with Gasteiger partial charge in [0.25, 0.3) is 0 Å². The first kappa shape index (κ1) is 12.8. The van der Waals surface area contributed by atoms with Crippen LogP contribution in [0.2, 0.25) is 5.02 Å². The summed E-state index contributed by atoms with van der Waals surface area (Å²) in [4.78, 5) is 0. The Hall–Kier alpha value is -2.19. The molecular weight excluding hydrogens is 270 g/mol. The van der Waals surface area contributed by atoms with Gasteiger partial charge in [0.15, 0.2) is 0 Å². The Bertz CT molecular complexity index is 783. The van der Waals surface area contributed by atoms with E-state index in [2.05, 4.69) is 12.1 Å². The van der Waals surface area contributed by atoms with E-state index in [9.17, 15) is 0 Å². The highest BCUT2D eigenvalue weighted by atomic mass is 35.5. The van der Waals surface area contributed by atoms with E-state index in [-0.39, 0.29) is 0 Å². The molecule has 3 heteroatoms. The van der Waals surface area contributed by atoms with Gasteiger partial charge in [-0.25, -0.2) is 0 Å². The van der Waals surface area contributed by atoms with Crippen LogP contribution in [0.1, 0.15) is 0 Å². The molecule has 0 unspecified atom stereocenters. The highest BCUT2D eigenvalue weighted by Crippen LogP contribution is 2.35. The van der Waals surface area contributed by atoms with Crippen molar-refractivity contribution in [3.8, 4) is 16.9 Å². The molecule has 0 bridgehead atoms. The van der Waals surface area contributed by atoms with E-state index in [0.29, 0.717) is 10.7 Å². The summed E-state index contributed by atoms with van der Waals surface area (Å²) in [7, 11) is 1.67. The number of ether oxygens (including phenoxy) is 1. The normalized spacial score (nSPS) is 10.7. The molecule has 100 valence electrons. The highest BCUT2D eigenvalue weighted by molar-refractivity contribution is 6.31. The predicted octanol–water partition coefficient (Wildman–Crippen LogP) is 4.75. The summed E-state index contributed by atoms with van der Waals surface area (Å²) in [6.45, 7) is 0. The number of halogens is 1. The number of hydrogen-bond donors (Lipinski definition) is 1. The molecule has 0 aliphatic rings. The van der Waals surface area contributed by atoms with Crippen LogP contribution in [0, 0.1) is 0 Å². The molecule has 3 aromatic rings. The van der Waals surface area contributed by atoms with Crippen LogP contribution in [0.25, 0.3) is 21.9 Å². The first-order chi connectivity index (χ1) is 9.69. The van der Waals surface area contributed by atoms with Gasteiger partial charge in [0.05, 0.1) is 7.11 Å². The standard InChI is InChI=1S/C17H14ClNO/c1-20-17-9-12(8-11-4-2-3-5-14(11)17)15-10-13(18)6-7-16(15)19/h2-10H,19H2,1H3. The van der Waals surface area contributed by atoms with E-state index in [1.807, 2.05) is 36.4 Å². The van der Waals surface area contributed by atoms with Crippen molar-refractivity contribution in [1.29, 1.82) is 0 Å². The lowest BCUT2D eigenvalue weighted by Gasteiger charge is -2.11. The lowest BCUT2D eigenvalue weighted by Crippen LogP contribution is -1.92. The Balaban J connectivity index is 2.29. The van der Waals surface area contributed by atoms with E-state index in [0.717, 1.165) is 27.6 Å². The number of nitrogens with two attached hydrogens (primary N) is 1. The van der Waals surface area contributed by atoms with E-state index >= 15 is 0 Å². The smallest absolute Gasteiger partial charge is 0.127 e. The van der Waals surface area contributed by atoms with E-state index < -0.39 is 0 Å². The number of methoxy groups -OCH3 is 1. The van der Waals surface area contributed by atoms with Crippen molar-refractivity contribution in [1.82, 2.24) is 0 Å². The van der Waals surface area contributed by atoms with Gasteiger partial charge in [-0.05, 0) is 41.3 Å². The van der Waals surface area contributed by atoms with Gasteiger partial charge in [0, 0.05) is 21.7 Å². The first-order valence-electron chi connectivity index (χ1n) is 6.31. The molecular formula is C17H14ClNO. The van der Waals surface area contributed by atoms with Crippen molar-refractivity contribution in [2.75, 3.05) is 12.8 Å². The SMILES string of the molecule is COc1cc(-c2cc(Cl)ccc2N)cc2ccccc12. The average molecular weight is 284 g/mol. The predicted molar refractivity (Wildman–Crippen MR) is 85.4 cm³/mol. The second-order valence-electron chi connectivity index (χ2n) is 4.63. The molecule has 0 fully saturated rings. The minimum absolute atomic E-state index is 0.668. The number of hydrogen-bond acceptors (Lipinski definition) is 2. The van der Waals surface area contributed by atoms with Gasteiger partial charge in [-0.1, -0.05) is 35.9 Å². The summed E-state index contributed by atoms with van der Waals surface area (Å²) in [6, 6.07) is 17.7.